The smallest absolute Gasteiger partial charge is 0.261 e. The zero-order valence-electron chi connectivity index (χ0n) is 17.0. The third-order valence-corrected chi connectivity index (χ3v) is 5.43. The van der Waals surface area contributed by atoms with Crippen molar-refractivity contribution in [1.82, 2.24) is 4.57 Å². The summed E-state index contributed by atoms with van der Waals surface area (Å²) in [4.78, 5) is 26.4. The first-order chi connectivity index (χ1) is 15.0. The number of nitrogens with zero attached hydrogens (tertiary/aromatic N) is 1. The van der Waals surface area contributed by atoms with Gasteiger partial charge in [-0.25, -0.2) is 0 Å². The standard InChI is InChI=1S/C26H21ClN2O2/c1-18-16-23(30)24(26(31)28-22-15-9-8-14-21(22)27)25(20-12-6-3-7-13-20)29(18)17-19-10-4-2-5-11-19/h2-16H,17H2,1H3,(H,28,31). The number of carbonyl (C=O) groups is 1. The molecule has 0 fully saturated rings. The average molecular weight is 429 g/mol. The Morgan fingerprint density at radius 1 is 0.903 bits per heavy atom. The van der Waals surface area contributed by atoms with Gasteiger partial charge in [-0.15, -0.1) is 0 Å². The van der Waals surface area contributed by atoms with Gasteiger partial charge in [-0.2, -0.15) is 0 Å². The number of aromatic nitrogens is 1. The van der Waals surface area contributed by atoms with E-state index in [1.54, 1.807) is 24.3 Å². The molecule has 31 heavy (non-hydrogen) atoms. The molecule has 0 unspecified atom stereocenters. The molecule has 1 N–H and O–H groups in total. The first kappa shape index (κ1) is 20.6. The highest BCUT2D eigenvalue weighted by Gasteiger charge is 2.22. The van der Waals surface area contributed by atoms with E-state index >= 15 is 0 Å². The fraction of sp³-hybridized carbons (Fsp3) is 0.0769. The number of aryl methyl sites for hydroxylation is 1. The lowest BCUT2D eigenvalue weighted by molar-refractivity contribution is 0.102. The molecule has 0 saturated heterocycles. The maximum atomic E-state index is 13.3. The number of halogens is 1. The van der Waals surface area contributed by atoms with E-state index in [0.29, 0.717) is 22.9 Å². The number of nitrogens with one attached hydrogen (secondary N) is 1. The molecule has 0 bridgehead atoms. The van der Waals surface area contributed by atoms with Gasteiger partial charge in [0.2, 0.25) is 0 Å². The van der Waals surface area contributed by atoms with Crippen LogP contribution < -0.4 is 10.7 Å². The van der Waals surface area contributed by atoms with Crippen LogP contribution in [0.1, 0.15) is 21.6 Å². The Morgan fingerprint density at radius 3 is 2.19 bits per heavy atom. The van der Waals surface area contributed by atoms with E-state index in [4.69, 9.17) is 11.6 Å². The molecule has 4 rings (SSSR count). The van der Waals surface area contributed by atoms with Gasteiger partial charge in [0.05, 0.1) is 16.4 Å². The Labute approximate surface area is 185 Å². The monoisotopic (exact) mass is 428 g/mol. The van der Waals surface area contributed by atoms with Crippen molar-refractivity contribution in [2.75, 3.05) is 5.32 Å². The molecule has 1 amide bonds. The van der Waals surface area contributed by atoms with Gasteiger partial charge in [-0.1, -0.05) is 84.4 Å². The van der Waals surface area contributed by atoms with E-state index in [9.17, 15) is 9.59 Å². The first-order valence-electron chi connectivity index (χ1n) is 9.94. The molecular formula is C26H21ClN2O2. The Morgan fingerprint density at radius 2 is 1.52 bits per heavy atom. The van der Waals surface area contributed by atoms with Gasteiger partial charge in [0.15, 0.2) is 5.43 Å². The molecule has 4 aromatic rings. The Balaban J connectivity index is 1.90. The summed E-state index contributed by atoms with van der Waals surface area (Å²) in [6.07, 6.45) is 0. The van der Waals surface area contributed by atoms with Crippen molar-refractivity contribution in [3.8, 4) is 11.3 Å². The van der Waals surface area contributed by atoms with Crippen LogP contribution >= 0.6 is 11.6 Å². The number of amides is 1. The van der Waals surface area contributed by atoms with Crippen LogP contribution in [0, 0.1) is 6.92 Å². The number of benzene rings is 3. The highest BCUT2D eigenvalue weighted by atomic mass is 35.5. The van der Waals surface area contributed by atoms with Crippen LogP contribution in [0.5, 0.6) is 0 Å². The fourth-order valence-electron chi connectivity index (χ4n) is 3.60. The van der Waals surface area contributed by atoms with Crippen LogP contribution in [0.3, 0.4) is 0 Å². The topological polar surface area (TPSA) is 51.1 Å². The highest BCUT2D eigenvalue weighted by Crippen LogP contribution is 2.27. The summed E-state index contributed by atoms with van der Waals surface area (Å²) in [7, 11) is 0. The summed E-state index contributed by atoms with van der Waals surface area (Å²) < 4.78 is 2.01. The molecule has 1 aromatic heterocycles. The Hall–Kier alpha value is -3.63. The van der Waals surface area contributed by atoms with Gasteiger partial charge < -0.3 is 9.88 Å². The lowest BCUT2D eigenvalue weighted by Gasteiger charge is -2.20. The van der Waals surface area contributed by atoms with Crippen molar-refractivity contribution in [3.05, 3.63) is 123 Å². The fourth-order valence-corrected chi connectivity index (χ4v) is 3.78. The normalized spacial score (nSPS) is 10.6. The van der Waals surface area contributed by atoms with Crippen LogP contribution in [-0.2, 0) is 6.54 Å². The molecular weight excluding hydrogens is 408 g/mol. The predicted molar refractivity (Wildman–Crippen MR) is 126 cm³/mol. The maximum absolute atomic E-state index is 13.3. The van der Waals surface area contributed by atoms with Crippen LogP contribution in [-0.4, -0.2) is 10.5 Å². The lowest BCUT2D eigenvalue weighted by atomic mass is 10.0. The van der Waals surface area contributed by atoms with Gasteiger partial charge in [0.25, 0.3) is 5.91 Å². The molecule has 0 aliphatic heterocycles. The van der Waals surface area contributed by atoms with Gasteiger partial charge in [0.1, 0.15) is 5.56 Å². The molecule has 0 spiro atoms. The molecule has 0 atom stereocenters. The zero-order chi connectivity index (χ0) is 21.8. The van der Waals surface area contributed by atoms with E-state index in [2.05, 4.69) is 5.32 Å². The molecule has 0 saturated carbocycles. The van der Waals surface area contributed by atoms with Crippen molar-refractivity contribution in [2.45, 2.75) is 13.5 Å². The van der Waals surface area contributed by atoms with Crippen LogP contribution in [0.15, 0.2) is 95.8 Å². The molecule has 0 radical (unpaired) electrons. The van der Waals surface area contributed by atoms with Crippen LogP contribution in [0.4, 0.5) is 5.69 Å². The first-order valence-corrected chi connectivity index (χ1v) is 10.3. The molecule has 3 aromatic carbocycles. The second-order valence-corrected chi connectivity index (χ2v) is 7.65. The second kappa shape index (κ2) is 9.02. The quantitative estimate of drug-likeness (QED) is 0.438. The number of rotatable bonds is 5. The zero-order valence-corrected chi connectivity index (χ0v) is 17.8. The minimum atomic E-state index is -0.487. The molecule has 4 nitrogen and oxygen atoms in total. The minimum Gasteiger partial charge on any atom is -0.340 e. The van der Waals surface area contributed by atoms with Gasteiger partial charge in [0, 0.05) is 18.3 Å². The van der Waals surface area contributed by atoms with E-state index in [1.165, 1.54) is 6.07 Å². The number of anilines is 1. The van der Waals surface area contributed by atoms with Crippen LogP contribution in [0.2, 0.25) is 5.02 Å². The van der Waals surface area contributed by atoms with Crippen molar-refractivity contribution < 1.29 is 4.79 Å². The highest BCUT2D eigenvalue weighted by molar-refractivity contribution is 6.34. The summed E-state index contributed by atoms with van der Waals surface area (Å²) in [6.45, 7) is 2.41. The Bertz CT molecular complexity index is 1280. The van der Waals surface area contributed by atoms with E-state index in [-0.39, 0.29) is 11.0 Å². The molecule has 0 aliphatic rings. The SMILES string of the molecule is Cc1cc(=O)c(C(=O)Nc2ccccc2Cl)c(-c2ccccc2)n1Cc1ccccc1. The van der Waals surface area contributed by atoms with Gasteiger partial charge in [-0.3, -0.25) is 9.59 Å². The molecule has 5 heteroatoms. The summed E-state index contributed by atoms with van der Waals surface area (Å²) in [5.41, 5.74) is 3.45. The van der Waals surface area contributed by atoms with E-state index in [0.717, 1.165) is 16.8 Å². The lowest BCUT2D eigenvalue weighted by Crippen LogP contribution is -2.27. The number of hydrogen-bond donors (Lipinski definition) is 1. The van der Waals surface area contributed by atoms with Crippen molar-refractivity contribution in [2.24, 2.45) is 0 Å². The van der Waals surface area contributed by atoms with Crippen molar-refractivity contribution in [3.63, 3.8) is 0 Å². The molecule has 1 heterocycles. The Kier molecular flexibility index (Phi) is 6.01. The van der Waals surface area contributed by atoms with E-state index in [1.807, 2.05) is 72.2 Å². The third kappa shape index (κ3) is 4.44. The molecule has 154 valence electrons. The largest absolute Gasteiger partial charge is 0.340 e. The second-order valence-electron chi connectivity index (χ2n) is 7.25. The predicted octanol–water partition coefficient (Wildman–Crippen LogP) is 5.78. The number of carbonyl (C=O) groups excluding carboxylic acids is 1. The average Bonchev–Trinajstić information content (AvgIpc) is 2.78. The summed E-state index contributed by atoms with van der Waals surface area (Å²) >= 11 is 6.22. The van der Waals surface area contributed by atoms with Gasteiger partial charge >= 0.3 is 0 Å². The number of hydrogen-bond acceptors (Lipinski definition) is 2. The van der Waals surface area contributed by atoms with Crippen LogP contribution in [0.25, 0.3) is 11.3 Å². The van der Waals surface area contributed by atoms with E-state index < -0.39 is 5.91 Å². The maximum Gasteiger partial charge on any atom is 0.261 e. The van der Waals surface area contributed by atoms with Crippen molar-refractivity contribution >= 4 is 23.2 Å². The minimum absolute atomic E-state index is 0.0904. The number of pyridine rings is 1. The van der Waals surface area contributed by atoms with Gasteiger partial charge in [-0.05, 0) is 30.2 Å². The summed E-state index contributed by atoms with van der Waals surface area (Å²) in [6, 6.07) is 27.9. The summed E-state index contributed by atoms with van der Waals surface area (Å²) in [5, 5.41) is 3.21. The summed E-state index contributed by atoms with van der Waals surface area (Å²) in [5.74, 6) is -0.487. The molecule has 0 aliphatic carbocycles. The number of para-hydroxylation sites is 1. The third-order valence-electron chi connectivity index (χ3n) is 5.10. The van der Waals surface area contributed by atoms with Crippen molar-refractivity contribution in [1.29, 1.82) is 0 Å².